The zero-order valence-corrected chi connectivity index (χ0v) is 14.6. The van der Waals surface area contributed by atoms with Gasteiger partial charge in [-0.3, -0.25) is 14.7 Å². The fourth-order valence-electron chi connectivity index (χ4n) is 4.72. The minimum atomic E-state index is -0.342. The Balaban J connectivity index is 1.52. The minimum absolute atomic E-state index is 0.239. The van der Waals surface area contributed by atoms with Crippen LogP contribution in [-0.2, 0) is 16.1 Å². The van der Waals surface area contributed by atoms with Gasteiger partial charge < -0.3 is 9.64 Å². The number of ether oxygens (including phenoxy) is 1. The van der Waals surface area contributed by atoms with E-state index in [1.807, 2.05) is 18.3 Å². The molecule has 3 fully saturated rings. The van der Waals surface area contributed by atoms with Crippen LogP contribution in [0.2, 0.25) is 0 Å². The molecule has 3 saturated heterocycles. The van der Waals surface area contributed by atoms with Crippen LogP contribution < -0.4 is 0 Å². The number of pyridine rings is 1. The molecule has 0 N–H and O–H groups in total. The maximum Gasteiger partial charge on any atom is 0.225 e. The lowest BCUT2D eigenvalue weighted by Gasteiger charge is -2.53. The predicted octanol–water partition coefficient (Wildman–Crippen LogP) is 2.28. The second kappa shape index (κ2) is 6.12. The van der Waals surface area contributed by atoms with Gasteiger partial charge in [0.15, 0.2) is 0 Å². The number of likely N-dealkylation sites (tertiary alicyclic amines) is 1. The first-order valence-corrected chi connectivity index (χ1v) is 9.18. The summed E-state index contributed by atoms with van der Waals surface area (Å²) in [5.41, 5.74) is 0.773. The molecule has 3 aliphatic rings. The van der Waals surface area contributed by atoms with Crippen molar-refractivity contribution in [1.82, 2.24) is 14.8 Å². The van der Waals surface area contributed by atoms with E-state index in [9.17, 15) is 4.79 Å². The Morgan fingerprint density at radius 3 is 3.04 bits per heavy atom. The van der Waals surface area contributed by atoms with E-state index < -0.39 is 0 Å². The van der Waals surface area contributed by atoms with Crippen molar-refractivity contribution in [1.29, 1.82) is 0 Å². The lowest BCUT2D eigenvalue weighted by molar-refractivity contribution is -0.193. The standard InChI is InChI=1S/C19H27N3O2/c1-14(2)17-13-24-19-8-10-21(12-16-5-3-4-9-20-16)11-15(19)6-7-18(23)22(17)19/h3-5,9,14-15,17H,6-8,10-13H2,1-2H3/t15?,17-,19?/m0/s1. The molecule has 2 unspecified atom stereocenters. The van der Waals surface area contributed by atoms with Gasteiger partial charge in [-0.2, -0.15) is 0 Å². The highest BCUT2D eigenvalue weighted by atomic mass is 16.5. The Morgan fingerprint density at radius 1 is 1.42 bits per heavy atom. The molecule has 5 nitrogen and oxygen atoms in total. The predicted molar refractivity (Wildman–Crippen MR) is 91.0 cm³/mol. The number of nitrogens with zero attached hydrogens (tertiary/aromatic N) is 3. The highest BCUT2D eigenvalue weighted by Gasteiger charge is 2.58. The van der Waals surface area contributed by atoms with Crippen molar-refractivity contribution < 1.29 is 9.53 Å². The summed E-state index contributed by atoms with van der Waals surface area (Å²) in [6.07, 6.45) is 4.38. The Hall–Kier alpha value is -1.46. The smallest absolute Gasteiger partial charge is 0.225 e. The van der Waals surface area contributed by atoms with Gasteiger partial charge in [0.25, 0.3) is 0 Å². The summed E-state index contributed by atoms with van der Waals surface area (Å²) in [5.74, 6) is 1.15. The molecule has 130 valence electrons. The third-order valence-corrected chi connectivity index (χ3v) is 6.00. The molecule has 4 heterocycles. The molecule has 3 atom stereocenters. The van der Waals surface area contributed by atoms with E-state index in [1.165, 1.54) is 0 Å². The van der Waals surface area contributed by atoms with Gasteiger partial charge >= 0.3 is 0 Å². The number of hydrogen-bond acceptors (Lipinski definition) is 4. The SMILES string of the molecule is CC(C)[C@@H]1COC23CCN(Cc4ccccn4)CC2CCC(=O)N13. The van der Waals surface area contributed by atoms with Crippen LogP contribution in [0.15, 0.2) is 24.4 Å². The van der Waals surface area contributed by atoms with Crippen molar-refractivity contribution in [2.45, 2.75) is 51.4 Å². The Morgan fingerprint density at radius 2 is 2.29 bits per heavy atom. The topological polar surface area (TPSA) is 45.7 Å². The zero-order chi connectivity index (χ0) is 16.7. The minimum Gasteiger partial charge on any atom is -0.353 e. The van der Waals surface area contributed by atoms with Gasteiger partial charge in [-0.15, -0.1) is 0 Å². The van der Waals surface area contributed by atoms with E-state index in [1.54, 1.807) is 0 Å². The van der Waals surface area contributed by atoms with Gasteiger partial charge in [-0.05, 0) is 24.5 Å². The fourth-order valence-corrected chi connectivity index (χ4v) is 4.72. The largest absolute Gasteiger partial charge is 0.353 e. The molecule has 0 saturated carbocycles. The zero-order valence-electron chi connectivity index (χ0n) is 14.6. The molecular formula is C19H27N3O2. The summed E-state index contributed by atoms with van der Waals surface area (Å²) in [4.78, 5) is 21.7. The summed E-state index contributed by atoms with van der Waals surface area (Å²) in [5, 5.41) is 0. The number of amides is 1. The van der Waals surface area contributed by atoms with E-state index in [0.29, 0.717) is 30.8 Å². The average molecular weight is 329 g/mol. The number of aromatic nitrogens is 1. The number of carbonyl (C=O) groups is 1. The molecule has 1 amide bonds. The molecule has 4 rings (SSSR count). The molecule has 1 aromatic heterocycles. The summed E-state index contributed by atoms with van der Waals surface area (Å²) < 4.78 is 6.35. The molecule has 0 radical (unpaired) electrons. The highest BCUT2D eigenvalue weighted by molar-refractivity contribution is 5.78. The maximum absolute atomic E-state index is 12.6. The maximum atomic E-state index is 12.6. The first kappa shape index (κ1) is 16.0. The number of hydrogen-bond donors (Lipinski definition) is 0. The van der Waals surface area contributed by atoms with E-state index in [0.717, 1.165) is 38.2 Å². The Labute approximate surface area is 144 Å². The molecule has 0 aliphatic carbocycles. The van der Waals surface area contributed by atoms with Crippen LogP contribution in [0, 0.1) is 11.8 Å². The van der Waals surface area contributed by atoms with Gasteiger partial charge in [0.1, 0.15) is 5.72 Å². The van der Waals surface area contributed by atoms with Crippen molar-refractivity contribution in [3.63, 3.8) is 0 Å². The third-order valence-electron chi connectivity index (χ3n) is 6.00. The van der Waals surface area contributed by atoms with E-state index in [2.05, 4.69) is 34.7 Å². The summed E-state index contributed by atoms with van der Waals surface area (Å²) in [6.45, 7) is 7.92. The van der Waals surface area contributed by atoms with Crippen LogP contribution >= 0.6 is 0 Å². The molecule has 0 aromatic carbocycles. The summed E-state index contributed by atoms with van der Waals surface area (Å²) >= 11 is 0. The molecule has 0 bridgehead atoms. The quantitative estimate of drug-likeness (QED) is 0.853. The first-order valence-electron chi connectivity index (χ1n) is 9.18. The van der Waals surface area contributed by atoms with E-state index in [4.69, 9.17) is 4.74 Å². The molecule has 5 heteroatoms. The summed E-state index contributed by atoms with van der Waals surface area (Å²) in [7, 11) is 0. The number of carbonyl (C=O) groups excluding carboxylic acids is 1. The molecule has 3 aliphatic heterocycles. The monoisotopic (exact) mass is 329 g/mol. The molecule has 1 aromatic rings. The Kier molecular flexibility index (Phi) is 4.09. The van der Waals surface area contributed by atoms with E-state index in [-0.39, 0.29) is 11.8 Å². The van der Waals surface area contributed by atoms with Crippen molar-refractivity contribution in [3.8, 4) is 0 Å². The van der Waals surface area contributed by atoms with Crippen LogP contribution in [0.3, 0.4) is 0 Å². The Bertz CT molecular complexity index is 606. The molecule has 1 spiro atoms. The van der Waals surface area contributed by atoms with Crippen LogP contribution in [-0.4, -0.2) is 52.2 Å². The lowest BCUT2D eigenvalue weighted by atomic mass is 9.79. The lowest BCUT2D eigenvalue weighted by Crippen LogP contribution is -2.65. The van der Waals surface area contributed by atoms with Crippen molar-refractivity contribution >= 4 is 5.91 Å². The van der Waals surface area contributed by atoms with Crippen LogP contribution in [0.25, 0.3) is 0 Å². The van der Waals surface area contributed by atoms with Crippen molar-refractivity contribution in [2.75, 3.05) is 19.7 Å². The highest BCUT2D eigenvalue weighted by Crippen LogP contribution is 2.47. The van der Waals surface area contributed by atoms with Crippen LogP contribution in [0.1, 0.15) is 38.8 Å². The summed E-state index contributed by atoms with van der Waals surface area (Å²) in [6, 6.07) is 6.32. The van der Waals surface area contributed by atoms with Crippen LogP contribution in [0.5, 0.6) is 0 Å². The van der Waals surface area contributed by atoms with Crippen molar-refractivity contribution in [2.24, 2.45) is 11.8 Å². The second-order valence-corrected chi connectivity index (χ2v) is 7.77. The van der Waals surface area contributed by atoms with Gasteiger partial charge in [0.05, 0.1) is 18.3 Å². The first-order chi connectivity index (χ1) is 11.6. The van der Waals surface area contributed by atoms with Gasteiger partial charge in [0, 0.05) is 44.6 Å². The normalized spacial score (nSPS) is 33.6. The van der Waals surface area contributed by atoms with Gasteiger partial charge in [-0.1, -0.05) is 19.9 Å². The van der Waals surface area contributed by atoms with Gasteiger partial charge in [0.2, 0.25) is 5.91 Å². The van der Waals surface area contributed by atoms with Crippen LogP contribution in [0.4, 0.5) is 0 Å². The fraction of sp³-hybridized carbons (Fsp3) is 0.684. The van der Waals surface area contributed by atoms with Gasteiger partial charge in [-0.25, -0.2) is 0 Å². The van der Waals surface area contributed by atoms with Crippen molar-refractivity contribution in [3.05, 3.63) is 30.1 Å². The average Bonchev–Trinajstić information content (AvgIpc) is 2.98. The van der Waals surface area contributed by atoms with E-state index >= 15 is 0 Å². The second-order valence-electron chi connectivity index (χ2n) is 7.77. The molecule has 24 heavy (non-hydrogen) atoms. The number of rotatable bonds is 3. The molecular weight excluding hydrogens is 302 g/mol. The number of piperidine rings is 2. The third kappa shape index (κ3) is 2.54.